The maximum absolute atomic E-state index is 12.7. The first kappa shape index (κ1) is 19.4. The van der Waals surface area contributed by atoms with Gasteiger partial charge in [0.2, 0.25) is 5.91 Å². The molecule has 1 amide bonds. The molecule has 0 bridgehead atoms. The Balaban J connectivity index is 1.55. The van der Waals surface area contributed by atoms with Crippen molar-refractivity contribution < 1.29 is 14.7 Å². The fourth-order valence-electron chi connectivity index (χ4n) is 3.48. The van der Waals surface area contributed by atoms with Gasteiger partial charge in [0.25, 0.3) is 0 Å². The molecule has 0 aromatic heterocycles. The molecular formula is C21H23ClN2O3. The van der Waals surface area contributed by atoms with Crippen LogP contribution in [0.2, 0.25) is 5.02 Å². The number of hydrogen-bond donors (Lipinski definition) is 1. The number of rotatable bonds is 5. The summed E-state index contributed by atoms with van der Waals surface area (Å²) in [6, 6.07) is 14.5. The monoisotopic (exact) mass is 386 g/mol. The molecule has 5 nitrogen and oxygen atoms in total. The highest BCUT2D eigenvalue weighted by atomic mass is 35.5. The van der Waals surface area contributed by atoms with Crippen LogP contribution in [0.1, 0.15) is 28.4 Å². The number of nitrogens with zero attached hydrogens (tertiary/aromatic N) is 2. The van der Waals surface area contributed by atoms with E-state index in [4.69, 9.17) is 16.7 Å². The van der Waals surface area contributed by atoms with Gasteiger partial charge >= 0.3 is 5.97 Å². The topological polar surface area (TPSA) is 60.9 Å². The largest absolute Gasteiger partial charge is 0.478 e. The van der Waals surface area contributed by atoms with Crippen LogP contribution in [-0.4, -0.2) is 52.5 Å². The van der Waals surface area contributed by atoms with Gasteiger partial charge in [-0.1, -0.05) is 35.9 Å². The van der Waals surface area contributed by atoms with E-state index in [1.54, 1.807) is 18.2 Å². The molecule has 3 rings (SSSR count). The lowest BCUT2D eigenvalue weighted by Gasteiger charge is -2.40. The van der Waals surface area contributed by atoms with Gasteiger partial charge in [-0.25, -0.2) is 4.79 Å². The van der Waals surface area contributed by atoms with Crippen LogP contribution < -0.4 is 0 Å². The second-order valence-electron chi connectivity index (χ2n) is 6.98. The first-order valence-electron chi connectivity index (χ1n) is 9.01. The Labute approximate surface area is 164 Å². The third-order valence-corrected chi connectivity index (χ3v) is 5.12. The second-order valence-corrected chi connectivity index (χ2v) is 7.42. The normalized spacial score (nSPS) is 17.7. The van der Waals surface area contributed by atoms with Crippen LogP contribution in [0.4, 0.5) is 0 Å². The Morgan fingerprint density at radius 3 is 2.48 bits per heavy atom. The van der Waals surface area contributed by atoms with Crippen molar-refractivity contribution in [2.75, 3.05) is 19.6 Å². The van der Waals surface area contributed by atoms with Crippen molar-refractivity contribution in [2.45, 2.75) is 25.9 Å². The molecular weight excluding hydrogens is 364 g/mol. The van der Waals surface area contributed by atoms with E-state index >= 15 is 0 Å². The Morgan fingerprint density at radius 1 is 1.11 bits per heavy atom. The van der Waals surface area contributed by atoms with Gasteiger partial charge in [0.05, 0.1) is 12.0 Å². The van der Waals surface area contributed by atoms with Crippen molar-refractivity contribution in [1.29, 1.82) is 0 Å². The molecule has 1 saturated heterocycles. The van der Waals surface area contributed by atoms with E-state index in [0.29, 0.717) is 23.6 Å². The lowest BCUT2D eigenvalue weighted by atomic mass is 10.1. The molecule has 1 unspecified atom stereocenters. The maximum Gasteiger partial charge on any atom is 0.335 e. The second kappa shape index (κ2) is 8.55. The van der Waals surface area contributed by atoms with Crippen LogP contribution in [0.25, 0.3) is 0 Å². The molecule has 142 valence electrons. The fourth-order valence-corrected chi connectivity index (χ4v) is 3.69. The smallest absolute Gasteiger partial charge is 0.335 e. The fraction of sp³-hybridized carbons (Fsp3) is 0.333. The van der Waals surface area contributed by atoms with Gasteiger partial charge in [-0.05, 0) is 42.3 Å². The molecule has 0 saturated carbocycles. The summed E-state index contributed by atoms with van der Waals surface area (Å²) in [7, 11) is 0. The summed E-state index contributed by atoms with van der Waals surface area (Å²) in [5.41, 5.74) is 2.30. The van der Waals surface area contributed by atoms with Crippen LogP contribution in [-0.2, 0) is 17.8 Å². The highest BCUT2D eigenvalue weighted by Gasteiger charge is 2.27. The molecule has 1 aliphatic heterocycles. The predicted molar refractivity (Wildman–Crippen MR) is 105 cm³/mol. The quantitative estimate of drug-likeness (QED) is 0.856. The van der Waals surface area contributed by atoms with Crippen molar-refractivity contribution in [3.63, 3.8) is 0 Å². The van der Waals surface area contributed by atoms with E-state index in [1.165, 1.54) is 0 Å². The van der Waals surface area contributed by atoms with Crippen molar-refractivity contribution in [3.8, 4) is 0 Å². The number of carbonyl (C=O) groups excluding carboxylic acids is 1. The zero-order valence-corrected chi connectivity index (χ0v) is 16.0. The summed E-state index contributed by atoms with van der Waals surface area (Å²) >= 11 is 6.00. The van der Waals surface area contributed by atoms with Crippen molar-refractivity contribution >= 4 is 23.5 Å². The standard InChI is InChI=1S/C21H23ClN2O3/c1-15-13-23(14-16-5-7-18(8-6-16)21(26)27)9-10-24(15)20(25)12-17-3-2-4-19(22)11-17/h2-8,11,15H,9-10,12-14H2,1H3,(H,26,27). The van der Waals surface area contributed by atoms with Crippen LogP contribution in [0, 0.1) is 0 Å². The van der Waals surface area contributed by atoms with Gasteiger partial charge in [-0.2, -0.15) is 0 Å². The van der Waals surface area contributed by atoms with Crippen molar-refractivity contribution in [3.05, 3.63) is 70.2 Å². The number of carboxylic acid groups (broad SMARTS) is 1. The Morgan fingerprint density at radius 2 is 1.85 bits per heavy atom. The van der Waals surface area contributed by atoms with Gasteiger partial charge < -0.3 is 10.0 Å². The number of carbonyl (C=O) groups is 2. The number of aromatic carboxylic acids is 1. The molecule has 2 aromatic carbocycles. The Bertz CT molecular complexity index is 822. The van der Waals surface area contributed by atoms with E-state index in [9.17, 15) is 9.59 Å². The van der Waals surface area contributed by atoms with E-state index < -0.39 is 5.97 Å². The molecule has 1 aliphatic rings. The first-order chi connectivity index (χ1) is 12.9. The van der Waals surface area contributed by atoms with Crippen LogP contribution in [0.5, 0.6) is 0 Å². The molecule has 1 fully saturated rings. The molecule has 1 atom stereocenters. The van der Waals surface area contributed by atoms with E-state index in [2.05, 4.69) is 11.8 Å². The summed E-state index contributed by atoms with van der Waals surface area (Å²) in [5, 5.41) is 9.62. The summed E-state index contributed by atoms with van der Waals surface area (Å²) in [6.45, 7) is 5.10. The van der Waals surface area contributed by atoms with Crippen molar-refractivity contribution in [2.24, 2.45) is 0 Å². The average Bonchev–Trinajstić information content (AvgIpc) is 2.62. The molecule has 0 spiro atoms. The number of halogens is 1. The molecule has 2 aromatic rings. The SMILES string of the molecule is CC1CN(Cc2ccc(C(=O)O)cc2)CCN1C(=O)Cc1cccc(Cl)c1. The van der Waals surface area contributed by atoms with Crippen LogP contribution in [0.15, 0.2) is 48.5 Å². The van der Waals surface area contributed by atoms with E-state index in [0.717, 1.165) is 30.8 Å². The van der Waals surface area contributed by atoms with Crippen LogP contribution in [0.3, 0.4) is 0 Å². The minimum Gasteiger partial charge on any atom is -0.478 e. The number of carboxylic acids is 1. The zero-order valence-electron chi connectivity index (χ0n) is 15.3. The summed E-state index contributed by atoms with van der Waals surface area (Å²) in [5.74, 6) is -0.794. The number of amides is 1. The average molecular weight is 387 g/mol. The Kier molecular flexibility index (Phi) is 6.14. The lowest BCUT2D eigenvalue weighted by Crippen LogP contribution is -2.54. The maximum atomic E-state index is 12.7. The van der Waals surface area contributed by atoms with Gasteiger partial charge in [0, 0.05) is 37.2 Å². The highest BCUT2D eigenvalue weighted by Crippen LogP contribution is 2.17. The molecule has 6 heteroatoms. The molecule has 0 radical (unpaired) electrons. The number of benzene rings is 2. The van der Waals surface area contributed by atoms with Crippen LogP contribution >= 0.6 is 11.6 Å². The summed E-state index contributed by atoms with van der Waals surface area (Å²) in [4.78, 5) is 27.8. The molecule has 0 aliphatic carbocycles. The number of piperazine rings is 1. The van der Waals surface area contributed by atoms with E-state index in [1.807, 2.05) is 35.2 Å². The van der Waals surface area contributed by atoms with Gasteiger partial charge in [0.1, 0.15) is 0 Å². The van der Waals surface area contributed by atoms with Crippen molar-refractivity contribution in [1.82, 2.24) is 9.80 Å². The van der Waals surface area contributed by atoms with Gasteiger partial charge in [-0.3, -0.25) is 9.69 Å². The van der Waals surface area contributed by atoms with E-state index in [-0.39, 0.29) is 11.9 Å². The first-order valence-corrected chi connectivity index (χ1v) is 9.38. The minimum absolute atomic E-state index is 0.121. The predicted octanol–water partition coefficient (Wildman–Crippen LogP) is 3.31. The number of hydrogen-bond acceptors (Lipinski definition) is 3. The summed E-state index contributed by atoms with van der Waals surface area (Å²) < 4.78 is 0. The minimum atomic E-state index is -0.915. The van der Waals surface area contributed by atoms with Gasteiger partial charge in [0.15, 0.2) is 0 Å². The zero-order chi connectivity index (χ0) is 19.4. The van der Waals surface area contributed by atoms with Gasteiger partial charge in [-0.15, -0.1) is 0 Å². The molecule has 1 heterocycles. The molecule has 27 heavy (non-hydrogen) atoms. The lowest BCUT2D eigenvalue weighted by molar-refractivity contribution is -0.135. The third kappa shape index (κ3) is 5.08. The third-order valence-electron chi connectivity index (χ3n) is 4.88. The summed E-state index contributed by atoms with van der Waals surface area (Å²) in [6.07, 6.45) is 0.363. The highest BCUT2D eigenvalue weighted by molar-refractivity contribution is 6.30. The molecule has 1 N–H and O–H groups in total. The Hall–Kier alpha value is -2.37.